The Bertz CT molecular complexity index is 703. The number of nitrogens with one attached hydrogen (secondary N) is 1. The lowest BCUT2D eigenvalue weighted by molar-refractivity contribution is -0.129. The van der Waals surface area contributed by atoms with Gasteiger partial charge in [-0.25, -0.2) is 0 Å². The molecular formula is C19H21ClN2O2. The number of carbonyl (C=O) groups excluding carboxylic acids is 1. The number of aliphatic hydroxyl groups excluding tert-OH is 1. The Balaban J connectivity index is 1.46. The second kappa shape index (κ2) is 7.79. The van der Waals surface area contributed by atoms with Gasteiger partial charge in [0, 0.05) is 31.2 Å². The summed E-state index contributed by atoms with van der Waals surface area (Å²) in [6.07, 6.45) is -0.123. The van der Waals surface area contributed by atoms with Crippen molar-refractivity contribution in [2.45, 2.75) is 19.1 Å². The molecule has 3 rings (SSSR count). The summed E-state index contributed by atoms with van der Waals surface area (Å²) in [5.74, 6) is -0.380. The molecule has 0 unspecified atom stereocenters. The molecule has 5 heteroatoms. The standard InChI is InChI=1S/C19H21ClN2O2/c20-17-7-5-15(6-8-17)18(23)19(24)21-10-12-22-11-9-14-3-1-2-4-16(14)13-22/h1-8,18,23H,9-13H2,(H,21,24)/t18-/m1/s1. The summed E-state index contributed by atoms with van der Waals surface area (Å²) in [5, 5.41) is 13.5. The average Bonchev–Trinajstić information content (AvgIpc) is 2.61. The summed E-state index contributed by atoms with van der Waals surface area (Å²) in [5.41, 5.74) is 3.32. The molecule has 1 atom stereocenters. The topological polar surface area (TPSA) is 52.6 Å². The van der Waals surface area contributed by atoms with Crippen molar-refractivity contribution in [1.82, 2.24) is 10.2 Å². The average molecular weight is 345 g/mol. The van der Waals surface area contributed by atoms with Crippen LogP contribution in [0, 0.1) is 0 Å². The number of nitrogens with zero attached hydrogens (tertiary/aromatic N) is 1. The molecule has 1 aliphatic rings. The van der Waals surface area contributed by atoms with Crippen molar-refractivity contribution in [1.29, 1.82) is 0 Å². The molecule has 0 aliphatic carbocycles. The van der Waals surface area contributed by atoms with Crippen LogP contribution >= 0.6 is 11.6 Å². The maximum Gasteiger partial charge on any atom is 0.253 e. The van der Waals surface area contributed by atoms with Crippen molar-refractivity contribution < 1.29 is 9.90 Å². The highest BCUT2D eigenvalue weighted by Crippen LogP contribution is 2.18. The van der Waals surface area contributed by atoms with Crippen LogP contribution in [0.5, 0.6) is 0 Å². The monoisotopic (exact) mass is 344 g/mol. The first-order valence-corrected chi connectivity index (χ1v) is 8.51. The Morgan fingerprint density at radius 1 is 1.17 bits per heavy atom. The number of amides is 1. The van der Waals surface area contributed by atoms with Gasteiger partial charge in [-0.05, 0) is 35.2 Å². The van der Waals surface area contributed by atoms with Gasteiger partial charge in [-0.3, -0.25) is 9.69 Å². The van der Waals surface area contributed by atoms with Gasteiger partial charge in [-0.2, -0.15) is 0 Å². The Morgan fingerprint density at radius 3 is 2.62 bits per heavy atom. The van der Waals surface area contributed by atoms with Crippen LogP contribution in [0.3, 0.4) is 0 Å². The summed E-state index contributed by atoms with van der Waals surface area (Å²) in [7, 11) is 0. The fourth-order valence-electron chi connectivity index (χ4n) is 2.98. The van der Waals surface area contributed by atoms with Gasteiger partial charge >= 0.3 is 0 Å². The molecular weight excluding hydrogens is 324 g/mol. The van der Waals surface area contributed by atoms with Gasteiger partial charge in [-0.1, -0.05) is 48.0 Å². The number of carbonyl (C=O) groups is 1. The highest BCUT2D eigenvalue weighted by Gasteiger charge is 2.18. The molecule has 1 aliphatic heterocycles. The lowest BCUT2D eigenvalue weighted by Crippen LogP contribution is -2.39. The highest BCUT2D eigenvalue weighted by molar-refractivity contribution is 6.30. The Labute approximate surface area is 147 Å². The SMILES string of the molecule is O=C(NCCN1CCc2ccccc2C1)[C@H](O)c1ccc(Cl)cc1. The molecule has 24 heavy (non-hydrogen) atoms. The molecule has 1 heterocycles. The van der Waals surface area contributed by atoms with Gasteiger partial charge < -0.3 is 10.4 Å². The molecule has 0 fully saturated rings. The van der Waals surface area contributed by atoms with Gasteiger partial charge in [0.1, 0.15) is 0 Å². The second-order valence-electron chi connectivity index (χ2n) is 6.04. The van der Waals surface area contributed by atoms with E-state index in [0.29, 0.717) is 17.1 Å². The van der Waals surface area contributed by atoms with Crippen molar-refractivity contribution in [2.75, 3.05) is 19.6 Å². The zero-order valence-corrected chi connectivity index (χ0v) is 14.2. The first kappa shape index (κ1) is 17.0. The summed E-state index contributed by atoms with van der Waals surface area (Å²) in [4.78, 5) is 14.4. The third kappa shape index (κ3) is 4.15. The van der Waals surface area contributed by atoms with Crippen molar-refractivity contribution in [3.8, 4) is 0 Å². The lowest BCUT2D eigenvalue weighted by atomic mass is 10.00. The van der Waals surface area contributed by atoms with Gasteiger partial charge in [0.25, 0.3) is 5.91 Å². The number of rotatable bonds is 5. The second-order valence-corrected chi connectivity index (χ2v) is 6.48. The van der Waals surface area contributed by atoms with Gasteiger partial charge in [-0.15, -0.1) is 0 Å². The summed E-state index contributed by atoms with van der Waals surface area (Å²) < 4.78 is 0. The van der Waals surface area contributed by atoms with Crippen molar-refractivity contribution >= 4 is 17.5 Å². The minimum absolute atomic E-state index is 0.380. The molecule has 0 saturated carbocycles. The number of fused-ring (bicyclic) bond motifs is 1. The molecule has 126 valence electrons. The van der Waals surface area contributed by atoms with E-state index in [9.17, 15) is 9.90 Å². The lowest BCUT2D eigenvalue weighted by Gasteiger charge is -2.28. The van der Waals surface area contributed by atoms with E-state index in [4.69, 9.17) is 11.6 Å². The molecule has 0 aromatic heterocycles. The summed E-state index contributed by atoms with van der Waals surface area (Å²) >= 11 is 5.81. The van der Waals surface area contributed by atoms with E-state index in [1.807, 2.05) is 0 Å². The molecule has 2 aromatic carbocycles. The predicted octanol–water partition coefficient (Wildman–Crippen LogP) is 2.55. The van der Waals surface area contributed by atoms with E-state index in [0.717, 1.165) is 26.1 Å². The van der Waals surface area contributed by atoms with Crippen molar-refractivity contribution in [2.24, 2.45) is 0 Å². The molecule has 0 spiro atoms. The fourth-order valence-corrected chi connectivity index (χ4v) is 3.10. The molecule has 2 N–H and O–H groups in total. The largest absolute Gasteiger partial charge is 0.378 e. The third-order valence-electron chi connectivity index (χ3n) is 4.37. The number of hydrogen-bond donors (Lipinski definition) is 2. The Morgan fingerprint density at radius 2 is 1.88 bits per heavy atom. The number of aliphatic hydroxyl groups is 1. The summed E-state index contributed by atoms with van der Waals surface area (Å²) in [6, 6.07) is 15.1. The number of benzene rings is 2. The van der Waals surface area contributed by atoms with E-state index in [1.165, 1.54) is 11.1 Å². The number of hydrogen-bond acceptors (Lipinski definition) is 3. The van der Waals surface area contributed by atoms with Crippen LogP contribution in [0.25, 0.3) is 0 Å². The van der Waals surface area contributed by atoms with Gasteiger partial charge in [0.15, 0.2) is 6.10 Å². The Hall–Kier alpha value is -1.88. The fraction of sp³-hybridized carbons (Fsp3) is 0.316. The van der Waals surface area contributed by atoms with Crippen LogP contribution in [0.4, 0.5) is 0 Å². The van der Waals surface area contributed by atoms with E-state index in [2.05, 4.69) is 34.5 Å². The van der Waals surface area contributed by atoms with E-state index in [-0.39, 0.29) is 5.91 Å². The van der Waals surface area contributed by atoms with Crippen LogP contribution in [0.1, 0.15) is 22.8 Å². The predicted molar refractivity (Wildman–Crippen MR) is 94.8 cm³/mol. The summed E-state index contributed by atoms with van der Waals surface area (Å²) in [6.45, 7) is 3.19. The van der Waals surface area contributed by atoms with Crippen LogP contribution in [-0.4, -0.2) is 35.5 Å². The smallest absolute Gasteiger partial charge is 0.253 e. The molecule has 1 amide bonds. The minimum atomic E-state index is -1.16. The normalized spacial score (nSPS) is 15.6. The van der Waals surface area contributed by atoms with Crippen LogP contribution < -0.4 is 5.32 Å². The van der Waals surface area contributed by atoms with Crippen LogP contribution in [0.2, 0.25) is 5.02 Å². The third-order valence-corrected chi connectivity index (χ3v) is 4.62. The zero-order chi connectivity index (χ0) is 16.9. The number of halogens is 1. The van der Waals surface area contributed by atoms with E-state index < -0.39 is 6.10 Å². The minimum Gasteiger partial charge on any atom is -0.378 e. The van der Waals surface area contributed by atoms with Gasteiger partial charge in [0.05, 0.1) is 0 Å². The zero-order valence-electron chi connectivity index (χ0n) is 13.4. The molecule has 4 nitrogen and oxygen atoms in total. The van der Waals surface area contributed by atoms with Gasteiger partial charge in [0.2, 0.25) is 0 Å². The molecule has 2 aromatic rings. The van der Waals surface area contributed by atoms with E-state index in [1.54, 1.807) is 24.3 Å². The maximum absolute atomic E-state index is 12.1. The van der Waals surface area contributed by atoms with Crippen molar-refractivity contribution in [3.63, 3.8) is 0 Å². The maximum atomic E-state index is 12.1. The van der Waals surface area contributed by atoms with E-state index >= 15 is 0 Å². The van der Waals surface area contributed by atoms with Crippen LogP contribution in [0.15, 0.2) is 48.5 Å². The van der Waals surface area contributed by atoms with Crippen LogP contribution in [-0.2, 0) is 17.8 Å². The first-order chi connectivity index (χ1) is 11.6. The molecule has 0 bridgehead atoms. The quantitative estimate of drug-likeness (QED) is 0.876. The highest BCUT2D eigenvalue weighted by atomic mass is 35.5. The van der Waals surface area contributed by atoms with Crippen molar-refractivity contribution in [3.05, 3.63) is 70.2 Å². The Kier molecular flexibility index (Phi) is 5.51. The molecule has 0 saturated heterocycles. The first-order valence-electron chi connectivity index (χ1n) is 8.14. The molecule has 0 radical (unpaired) electrons.